The number of hydrazone groups is 1. The van der Waals surface area contributed by atoms with E-state index in [0.717, 1.165) is 21.9 Å². The topological polar surface area (TPSA) is 78.8 Å². The van der Waals surface area contributed by atoms with Gasteiger partial charge >= 0.3 is 0 Å². The molecule has 3 aromatic carbocycles. The lowest BCUT2D eigenvalue weighted by molar-refractivity contribution is 0.0955. The highest BCUT2D eigenvalue weighted by atomic mass is 79.9. The predicted molar refractivity (Wildman–Crippen MR) is 128 cm³/mol. The summed E-state index contributed by atoms with van der Waals surface area (Å²) in [4.78, 5) is 12.5. The summed E-state index contributed by atoms with van der Waals surface area (Å²) in [5.74, 6) is -0.380. The minimum Gasteiger partial charge on any atom is -0.267 e. The average molecular weight is 500 g/mol. The summed E-state index contributed by atoms with van der Waals surface area (Å²) >= 11 is 3.41. The number of rotatable bonds is 7. The summed E-state index contributed by atoms with van der Waals surface area (Å²) in [6.45, 7) is 2.01. The van der Waals surface area contributed by atoms with E-state index < -0.39 is 10.0 Å². The average Bonchev–Trinajstić information content (AvgIpc) is 2.75. The van der Waals surface area contributed by atoms with Gasteiger partial charge in [0.25, 0.3) is 5.91 Å². The van der Waals surface area contributed by atoms with Crippen molar-refractivity contribution < 1.29 is 13.2 Å². The van der Waals surface area contributed by atoms with Crippen LogP contribution in [0.5, 0.6) is 0 Å². The van der Waals surface area contributed by atoms with E-state index in [2.05, 4.69) is 26.5 Å². The van der Waals surface area contributed by atoms with E-state index in [0.29, 0.717) is 17.0 Å². The highest BCUT2D eigenvalue weighted by Crippen LogP contribution is 2.21. The van der Waals surface area contributed by atoms with Gasteiger partial charge in [0.2, 0.25) is 10.0 Å². The monoisotopic (exact) mass is 499 g/mol. The molecule has 0 spiro atoms. The number of hydrogen-bond donors (Lipinski definition) is 1. The standard InChI is InChI=1S/C23H22BrN3O3S/c1-17(20-9-6-10-21(24)15-20)25-26-23(28)19-11-13-22(14-12-19)27(31(2,29)30)16-18-7-4-3-5-8-18/h3-15H,16H2,1-2H3,(H,26,28)/b25-17+. The van der Waals surface area contributed by atoms with Crippen LogP contribution >= 0.6 is 15.9 Å². The highest BCUT2D eigenvalue weighted by Gasteiger charge is 2.18. The SMILES string of the molecule is C/C(=N\NC(=O)c1ccc(N(Cc2ccccc2)S(C)(=O)=O)cc1)c1cccc(Br)c1. The van der Waals surface area contributed by atoms with Gasteiger partial charge in [0, 0.05) is 10.0 Å². The Morgan fingerprint density at radius 3 is 2.26 bits per heavy atom. The van der Waals surface area contributed by atoms with E-state index in [9.17, 15) is 13.2 Å². The molecule has 0 bridgehead atoms. The van der Waals surface area contributed by atoms with Crippen molar-refractivity contribution in [2.24, 2.45) is 5.10 Å². The molecular weight excluding hydrogens is 478 g/mol. The molecule has 0 radical (unpaired) electrons. The maximum absolute atomic E-state index is 12.5. The second-order valence-electron chi connectivity index (χ2n) is 6.95. The molecule has 0 saturated carbocycles. The predicted octanol–water partition coefficient (Wildman–Crippen LogP) is 4.57. The van der Waals surface area contributed by atoms with Crippen LogP contribution in [0.4, 0.5) is 5.69 Å². The Morgan fingerprint density at radius 2 is 1.65 bits per heavy atom. The van der Waals surface area contributed by atoms with Crippen LogP contribution in [0.15, 0.2) is 88.4 Å². The van der Waals surface area contributed by atoms with Crippen LogP contribution in [0.1, 0.15) is 28.4 Å². The van der Waals surface area contributed by atoms with Crippen molar-refractivity contribution >= 4 is 43.3 Å². The first kappa shape index (κ1) is 22.7. The molecule has 0 fully saturated rings. The molecule has 6 nitrogen and oxygen atoms in total. The van der Waals surface area contributed by atoms with Crippen molar-refractivity contribution in [3.05, 3.63) is 100 Å². The summed E-state index contributed by atoms with van der Waals surface area (Å²) in [7, 11) is -3.50. The number of benzene rings is 3. The van der Waals surface area contributed by atoms with Crippen LogP contribution in [-0.4, -0.2) is 26.3 Å². The fraction of sp³-hybridized carbons (Fsp3) is 0.130. The zero-order chi connectivity index (χ0) is 22.4. The molecular formula is C23H22BrN3O3S. The van der Waals surface area contributed by atoms with E-state index in [4.69, 9.17) is 0 Å². The number of hydrogen-bond acceptors (Lipinski definition) is 4. The molecule has 31 heavy (non-hydrogen) atoms. The number of anilines is 1. The molecule has 0 aromatic heterocycles. The molecule has 0 aliphatic heterocycles. The molecule has 160 valence electrons. The number of nitrogens with one attached hydrogen (secondary N) is 1. The molecule has 1 amide bonds. The van der Waals surface area contributed by atoms with Gasteiger partial charge in [-0.15, -0.1) is 0 Å². The molecule has 8 heteroatoms. The maximum atomic E-state index is 12.5. The molecule has 0 atom stereocenters. The second kappa shape index (κ2) is 9.89. The highest BCUT2D eigenvalue weighted by molar-refractivity contribution is 9.10. The first-order valence-electron chi connectivity index (χ1n) is 9.46. The van der Waals surface area contributed by atoms with Gasteiger partial charge in [-0.3, -0.25) is 9.10 Å². The van der Waals surface area contributed by atoms with Gasteiger partial charge in [0.15, 0.2) is 0 Å². The van der Waals surface area contributed by atoms with Gasteiger partial charge in [-0.05, 0) is 54.4 Å². The minimum absolute atomic E-state index is 0.210. The Kier molecular flexibility index (Phi) is 7.25. The molecule has 0 saturated heterocycles. The fourth-order valence-electron chi connectivity index (χ4n) is 2.91. The number of halogens is 1. The fourth-order valence-corrected chi connectivity index (χ4v) is 4.19. The number of nitrogens with zero attached hydrogens (tertiary/aromatic N) is 2. The number of carbonyl (C=O) groups is 1. The lowest BCUT2D eigenvalue weighted by Gasteiger charge is -2.22. The van der Waals surface area contributed by atoms with E-state index in [1.807, 2.05) is 54.6 Å². The van der Waals surface area contributed by atoms with Crippen LogP contribution in [0.25, 0.3) is 0 Å². The van der Waals surface area contributed by atoms with Crippen LogP contribution < -0.4 is 9.73 Å². The van der Waals surface area contributed by atoms with E-state index in [-0.39, 0.29) is 12.5 Å². The maximum Gasteiger partial charge on any atom is 0.271 e. The first-order valence-corrected chi connectivity index (χ1v) is 12.1. The van der Waals surface area contributed by atoms with Gasteiger partial charge in [-0.25, -0.2) is 13.8 Å². The molecule has 0 unspecified atom stereocenters. The summed E-state index contributed by atoms with van der Waals surface area (Å²) in [5, 5.41) is 4.15. The number of amides is 1. The quantitative estimate of drug-likeness (QED) is 0.382. The Bertz CT molecular complexity index is 1190. The number of carbonyl (C=O) groups excluding carboxylic acids is 1. The smallest absolute Gasteiger partial charge is 0.267 e. The van der Waals surface area contributed by atoms with Crippen LogP contribution in [0.2, 0.25) is 0 Å². The third kappa shape index (κ3) is 6.26. The third-order valence-electron chi connectivity index (χ3n) is 4.55. The van der Waals surface area contributed by atoms with Crippen LogP contribution in [-0.2, 0) is 16.6 Å². The Morgan fingerprint density at radius 1 is 0.968 bits per heavy atom. The summed E-state index contributed by atoms with van der Waals surface area (Å²) in [6, 6.07) is 23.3. The minimum atomic E-state index is -3.50. The molecule has 0 aliphatic rings. The zero-order valence-corrected chi connectivity index (χ0v) is 19.5. The normalized spacial score (nSPS) is 11.8. The molecule has 0 aliphatic carbocycles. The Labute approximate surface area is 190 Å². The van der Waals surface area contributed by atoms with Crippen molar-refractivity contribution in [2.45, 2.75) is 13.5 Å². The molecule has 0 heterocycles. The Hall–Kier alpha value is -2.97. The van der Waals surface area contributed by atoms with Gasteiger partial charge in [0.1, 0.15) is 0 Å². The summed E-state index contributed by atoms with van der Waals surface area (Å²) in [6.07, 6.45) is 1.16. The van der Waals surface area contributed by atoms with Gasteiger partial charge in [-0.2, -0.15) is 5.10 Å². The lowest BCUT2D eigenvalue weighted by Crippen LogP contribution is -2.29. The Balaban J connectivity index is 1.74. The van der Waals surface area contributed by atoms with Crippen molar-refractivity contribution in [1.82, 2.24) is 5.43 Å². The van der Waals surface area contributed by atoms with Crippen LogP contribution in [0.3, 0.4) is 0 Å². The molecule has 3 aromatic rings. The lowest BCUT2D eigenvalue weighted by atomic mass is 10.1. The first-order chi connectivity index (χ1) is 14.7. The van der Waals surface area contributed by atoms with Crippen molar-refractivity contribution in [2.75, 3.05) is 10.6 Å². The van der Waals surface area contributed by atoms with Crippen LogP contribution in [0, 0.1) is 0 Å². The number of sulfonamides is 1. The summed E-state index contributed by atoms with van der Waals surface area (Å²) < 4.78 is 26.9. The summed E-state index contributed by atoms with van der Waals surface area (Å²) in [5.41, 5.74) is 5.81. The van der Waals surface area contributed by atoms with E-state index in [1.165, 1.54) is 4.31 Å². The van der Waals surface area contributed by atoms with Gasteiger partial charge in [-0.1, -0.05) is 58.4 Å². The second-order valence-corrected chi connectivity index (χ2v) is 9.77. The zero-order valence-electron chi connectivity index (χ0n) is 17.1. The largest absolute Gasteiger partial charge is 0.271 e. The van der Waals surface area contributed by atoms with Crippen molar-refractivity contribution in [1.29, 1.82) is 0 Å². The van der Waals surface area contributed by atoms with Gasteiger partial charge in [0.05, 0.1) is 24.2 Å². The van der Waals surface area contributed by atoms with Crippen molar-refractivity contribution in [3.8, 4) is 0 Å². The third-order valence-corrected chi connectivity index (χ3v) is 6.19. The van der Waals surface area contributed by atoms with E-state index in [1.54, 1.807) is 31.2 Å². The molecule has 3 rings (SSSR count). The van der Waals surface area contributed by atoms with Crippen molar-refractivity contribution in [3.63, 3.8) is 0 Å². The molecule has 1 N–H and O–H groups in total. The van der Waals surface area contributed by atoms with E-state index >= 15 is 0 Å². The van der Waals surface area contributed by atoms with Gasteiger partial charge < -0.3 is 0 Å².